The van der Waals surface area contributed by atoms with Crippen molar-refractivity contribution in [2.45, 2.75) is 12.3 Å². The van der Waals surface area contributed by atoms with E-state index in [1.54, 1.807) is 12.5 Å². The number of esters is 1. The summed E-state index contributed by atoms with van der Waals surface area (Å²) in [4.78, 5) is 25.7. The van der Waals surface area contributed by atoms with Crippen LogP contribution >= 0.6 is 22.9 Å². The molecule has 2 heterocycles. The molecule has 0 saturated heterocycles. The number of nitrogens with zero attached hydrogens (tertiary/aromatic N) is 2. The minimum atomic E-state index is -0.392. The predicted octanol–water partition coefficient (Wildman–Crippen LogP) is 6.50. The molecule has 0 aliphatic carbocycles. The molecule has 164 valence electrons. The Balaban J connectivity index is 1.66. The average molecular weight is 474 g/mol. The summed E-state index contributed by atoms with van der Waals surface area (Å²) < 4.78 is 5.12. The fraction of sp³-hybridized carbons (Fsp3) is 0.115. The molecular formula is C26H20ClN3O2S. The van der Waals surface area contributed by atoms with Crippen molar-refractivity contribution in [2.24, 2.45) is 0 Å². The number of aromatic nitrogens is 3. The molecule has 5 aromatic rings. The van der Waals surface area contributed by atoms with Crippen molar-refractivity contribution < 1.29 is 9.53 Å². The summed E-state index contributed by atoms with van der Waals surface area (Å²) in [6, 6.07) is 21.9. The quantitative estimate of drug-likeness (QED) is 0.286. The van der Waals surface area contributed by atoms with Crippen molar-refractivity contribution >= 4 is 39.7 Å². The summed E-state index contributed by atoms with van der Waals surface area (Å²) in [7, 11) is 1.40. The van der Waals surface area contributed by atoms with Gasteiger partial charge in [-0.1, -0.05) is 66.2 Å². The highest BCUT2D eigenvalue weighted by molar-refractivity contribution is 7.14. The zero-order chi connectivity index (χ0) is 22.8. The molecule has 3 aromatic carbocycles. The smallest absolute Gasteiger partial charge is 0.350 e. The van der Waals surface area contributed by atoms with Crippen molar-refractivity contribution in [3.63, 3.8) is 0 Å². The van der Waals surface area contributed by atoms with Crippen LogP contribution in [0.2, 0.25) is 5.02 Å². The van der Waals surface area contributed by atoms with Gasteiger partial charge in [0.1, 0.15) is 9.88 Å². The lowest BCUT2D eigenvalue weighted by molar-refractivity contribution is 0.0607. The van der Waals surface area contributed by atoms with Gasteiger partial charge in [0.2, 0.25) is 0 Å². The number of imidazole rings is 1. The molecule has 7 heteroatoms. The number of hydrogen-bond donors (Lipinski definition) is 1. The van der Waals surface area contributed by atoms with Gasteiger partial charge in [0, 0.05) is 22.5 Å². The number of rotatable bonds is 6. The van der Waals surface area contributed by atoms with E-state index in [1.807, 2.05) is 54.6 Å². The molecule has 5 rings (SSSR count). The molecule has 0 saturated carbocycles. The van der Waals surface area contributed by atoms with Crippen LogP contribution in [-0.2, 0) is 11.2 Å². The number of hydrogen-bond acceptors (Lipinski definition) is 5. The third-order valence-electron chi connectivity index (χ3n) is 5.61. The molecule has 1 N–H and O–H groups in total. The zero-order valence-electron chi connectivity index (χ0n) is 17.8. The molecule has 0 fully saturated rings. The number of fused-ring (bicyclic) bond motifs is 1. The van der Waals surface area contributed by atoms with E-state index in [9.17, 15) is 4.79 Å². The van der Waals surface area contributed by atoms with Crippen molar-refractivity contribution in [3.05, 3.63) is 105 Å². The standard InChI is InChI=1S/C26H20ClN3O2S/c1-32-26(31)24-23(20-8-4-6-17-5-2-3-7-19(17)20)30-25(33-24)21(22-14-28-15-29-22)13-16-9-11-18(27)12-10-16/h2-12,14-15,21H,13H2,1H3,(H,28,29). The second-order valence-corrected chi connectivity index (χ2v) is 9.11. The third-order valence-corrected chi connectivity index (χ3v) is 7.01. The van der Waals surface area contributed by atoms with Gasteiger partial charge in [-0.2, -0.15) is 0 Å². The molecule has 0 amide bonds. The van der Waals surface area contributed by atoms with E-state index in [0.717, 1.165) is 32.6 Å². The van der Waals surface area contributed by atoms with Crippen molar-refractivity contribution in [2.75, 3.05) is 7.11 Å². The number of thiazole rings is 1. The maximum Gasteiger partial charge on any atom is 0.350 e. The van der Waals surface area contributed by atoms with E-state index < -0.39 is 5.97 Å². The number of aromatic amines is 1. The highest BCUT2D eigenvalue weighted by atomic mass is 35.5. The SMILES string of the molecule is COC(=O)c1sc(C(Cc2ccc(Cl)cc2)c2cnc[nH]2)nc1-c1cccc2ccccc12. The van der Waals surface area contributed by atoms with Gasteiger partial charge in [-0.05, 0) is 34.9 Å². The van der Waals surface area contributed by atoms with Crippen LogP contribution in [0.5, 0.6) is 0 Å². The Kier molecular flexibility index (Phi) is 5.94. The highest BCUT2D eigenvalue weighted by Gasteiger charge is 2.27. The summed E-state index contributed by atoms with van der Waals surface area (Å²) >= 11 is 7.44. The molecule has 0 spiro atoms. The molecule has 33 heavy (non-hydrogen) atoms. The first-order valence-corrected chi connectivity index (χ1v) is 11.6. The van der Waals surface area contributed by atoms with Crippen molar-refractivity contribution in [3.8, 4) is 11.3 Å². The van der Waals surface area contributed by atoms with Crippen molar-refractivity contribution in [1.29, 1.82) is 0 Å². The molecule has 0 aliphatic rings. The summed E-state index contributed by atoms with van der Waals surface area (Å²) in [6.45, 7) is 0. The minimum Gasteiger partial charge on any atom is -0.465 e. The number of carbonyl (C=O) groups is 1. The van der Waals surface area contributed by atoms with Gasteiger partial charge in [-0.3, -0.25) is 0 Å². The predicted molar refractivity (Wildman–Crippen MR) is 132 cm³/mol. The lowest BCUT2D eigenvalue weighted by atomic mass is 9.97. The van der Waals surface area contributed by atoms with Gasteiger partial charge in [0.05, 0.1) is 25.0 Å². The second kappa shape index (κ2) is 9.17. The minimum absolute atomic E-state index is 0.106. The van der Waals surface area contributed by atoms with Crippen LogP contribution in [-0.4, -0.2) is 28.0 Å². The monoisotopic (exact) mass is 473 g/mol. The molecule has 0 aliphatic heterocycles. The Hall–Kier alpha value is -3.48. The number of H-pyrrole nitrogens is 1. The normalized spacial score (nSPS) is 12.1. The van der Waals surface area contributed by atoms with Gasteiger partial charge >= 0.3 is 5.97 Å². The molecule has 5 nitrogen and oxygen atoms in total. The lowest BCUT2D eigenvalue weighted by Gasteiger charge is -2.13. The van der Waals surface area contributed by atoms with Crippen LogP contribution in [0.1, 0.15) is 31.9 Å². The molecule has 0 radical (unpaired) electrons. The number of nitrogens with one attached hydrogen (secondary N) is 1. The maximum atomic E-state index is 12.8. The fourth-order valence-electron chi connectivity index (χ4n) is 3.97. The molecule has 1 unspecified atom stereocenters. The van der Waals surface area contributed by atoms with E-state index in [0.29, 0.717) is 22.0 Å². The van der Waals surface area contributed by atoms with E-state index in [-0.39, 0.29) is 5.92 Å². The topological polar surface area (TPSA) is 67.9 Å². The number of methoxy groups -OCH3 is 1. The number of ether oxygens (including phenoxy) is 1. The van der Waals surface area contributed by atoms with Crippen LogP contribution in [0, 0.1) is 0 Å². The largest absolute Gasteiger partial charge is 0.465 e. The molecule has 1 atom stereocenters. The number of carbonyl (C=O) groups excluding carboxylic acids is 1. The summed E-state index contributed by atoms with van der Waals surface area (Å²) in [5.74, 6) is -0.498. The maximum absolute atomic E-state index is 12.8. The van der Waals surface area contributed by atoms with Crippen LogP contribution < -0.4 is 0 Å². The Morgan fingerprint density at radius 1 is 1.09 bits per heavy atom. The molecular weight excluding hydrogens is 454 g/mol. The van der Waals surface area contributed by atoms with Crippen LogP contribution in [0.15, 0.2) is 79.3 Å². The highest BCUT2D eigenvalue weighted by Crippen LogP contribution is 2.38. The summed E-state index contributed by atoms with van der Waals surface area (Å²) in [5.41, 5.74) is 3.59. The van der Waals surface area contributed by atoms with E-state index in [1.165, 1.54) is 18.4 Å². The van der Waals surface area contributed by atoms with Gasteiger partial charge in [-0.15, -0.1) is 11.3 Å². The first-order chi connectivity index (χ1) is 16.1. The average Bonchev–Trinajstić information content (AvgIpc) is 3.54. The van der Waals surface area contributed by atoms with E-state index >= 15 is 0 Å². The first-order valence-electron chi connectivity index (χ1n) is 10.4. The van der Waals surface area contributed by atoms with E-state index in [4.69, 9.17) is 21.3 Å². The lowest BCUT2D eigenvalue weighted by Crippen LogP contribution is -2.05. The number of benzene rings is 3. The zero-order valence-corrected chi connectivity index (χ0v) is 19.4. The van der Waals surface area contributed by atoms with Crippen LogP contribution in [0.25, 0.3) is 22.0 Å². The van der Waals surface area contributed by atoms with Gasteiger partial charge in [0.15, 0.2) is 0 Å². The summed E-state index contributed by atoms with van der Waals surface area (Å²) in [6.07, 6.45) is 4.14. The van der Waals surface area contributed by atoms with Gasteiger partial charge in [-0.25, -0.2) is 14.8 Å². The third kappa shape index (κ3) is 4.27. The van der Waals surface area contributed by atoms with E-state index in [2.05, 4.69) is 22.1 Å². The fourth-order valence-corrected chi connectivity index (χ4v) is 5.22. The van der Waals surface area contributed by atoms with Gasteiger partial charge in [0.25, 0.3) is 0 Å². The van der Waals surface area contributed by atoms with Gasteiger partial charge < -0.3 is 9.72 Å². The second-order valence-electron chi connectivity index (χ2n) is 7.64. The Morgan fingerprint density at radius 2 is 1.88 bits per heavy atom. The summed E-state index contributed by atoms with van der Waals surface area (Å²) in [5, 5.41) is 3.64. The molecule has 0 bridgehead atoms. The Labute approximate surface area is 200 Å². The number of halogens is 1. The van der Waals surface area contributed by atoms with Crippen LogP contribution in [0.3, 0.4) is 0 Å². The Morgan fingerprint density at radius 3 is 2.64 bits per heavy atom. The molecule has 2 aromatic heterocycles. The van der Waals surface area contributed by atoms with Crippen LogP contribution in [0.4, 0.5) is 0 Å². The Bertz CT molecular complexity index is 1410. The first kappa shape index (κ1) is 21.4. The van der Waals surface area contributed by atoms with Crippen molar-refractivity contribution in [1.82, 2.24) is 15.0 Å².